The first-order valence-electron chi connectivity index (χ1n) is 4.86. The lowest BCUT2D eigenvalue weighted by Crippen LogP contribution is -1.98. The average molecular weight is 235 g/mol. The van der Waals surface area contributed by atoms with Crippen LogP contribution in [0.2, 0.25) is 0 Å². The van der Waals surface area contributed by atoms with E-state index in [1.54, 1.807) is 13.3 Å². The number of hydrogen-bond donors (Lipinski definition) is 2. The fourth-order valence-corrected chi connectivity index (χ4v) is 1.87. The van der Waals surface area contributed by atoms with E-state index in [-0.39, 0.29) is 0 Å². The first kappa shape index (κ1) is 10.8. The van der Waals surface area contributed by atoms with Gasteiger partial charge in [0.25, 0.3) is 0 Å². The number of aromatic nitrogens is 1. The number of anilines is 2. The molecule has 84 valence electrons. The molecule has 0 aliphatic carbocycles. The molecule has 0 bridgehead atoms. The van der Waals surface area contributed by atoms with Crippen molar-refractivity contribution in [3.8, 4) is 5.75 Å². The largest absolute Gasteiger partial charge is 0.497 e. The van der Waals surface area contributed by atoms with E-state index in [0.29, 0.717) is 0 Å². The van der Waals surface area contributed by atoms with Crippen molar-refractivity contribution in [2.45, 2.75) is 6.54 Å². The minimum absolute atomic E-state index is 0.720. The minimum atomic E-state index is 0.720. The molecule has 1 aromatic carbocycles. The van der Waals surface area contributed by atoms with E-state index in [1.807, 2.05) is 24.3 Å². The second-order valence-electron chi connectivity index (χ2n) is 3.27. The van der Waals surface area contributed by atoms with Crippen LogP contribution in [0.15, 0.2) is 30.5 Å². The average Bonchev–Trinajstić information content (AvgIpc) is 2.73. The van der Waals surface area contributed by atoms with Crippen LogP contribution >= 0.6 is 11.3 Å². The molecule has 2 aromatic rings. The molecule has 0 saturated carbocycles. The lowest BCUT2D eigenvalue weighted by molar-refractivity contribution is 0.414. The monoisotopic (exact) mass is 235 g/mol. The predicted octanol–water partition coefficient (Wildman–Crippen LogP) is 2.35. The van der Waals surface area contributed by atoms with E-state index in [2.05, 4.69) is 10.3 Å². The summed E-state index contributed by atoms with van der Waals surface area (Å²) < 4.78 is 5.09. The summed E-state index contributed by atoms with van der Waals surface area (Å²) in [7, 11) is 1.66. The highest BCUT2D eigenvalue weighted by Gasteiger charge is 1.98. The number of rotatable bonds is 4. The third kappa shape index (κ3) is 2.64. The highest BCUT2D eigenvalue weighted by molar-refractivity contribution is 7.19. The van der Waals surface area contributed by atoms with Gasteiger partial charge in [0, 0.05) is 6.54 Å². The maximum Gasteiger partial charge on any atom is 0.184 e. The summed E-state index contributed by atoms with van der Waals surface area (Å²) in [4.78, 5) is 4.12. The van der Waals surface area contributed by atoms with E-state index in [4.69, 9.17) is 10.5 Å². The van der Waals surface area contributed by atoms with Crippen molar-refractivity contribution >= 4 is 21.5 Å². The molecule has 0 fully saturated rings. The van der Waals surface area contributed by atoms with E-state index < -0.39 is 0 Å². The van der Waals surface area contributed by atoms with Gasteiger partial charge in [-0.05, 0) is 17.7 Å². The fraction of sp³-hybridized carbons (Fsp3) is 0.182. The Labute approximate surface area is 98.1 Å². The molecule has 3 N–H and O–H groups in total. The van der Waals surface area contributed by atoms with Crippen LogP contribution in [-0.4, -0.2) is 12.1 Å². The number of nitrogens with zero attached hydrogens (tertiary/aromatic N) is 1. The molecule has 0 spiro atoms. The topological polar surface area (TPSA) is 60.2 Å². The molecule has 0 aliphatic heterocycles. The first-order valence-corrected chi connectivity index (χ1v) is 5.67. The normalized spacial score (nSPS) is 10.1. The molecule has 0 radical (unpaired) electrons. The Morgan fingerprint density at radius 3 is 2.69 bits per heavy atom. The zero-order chi connectivity index (χ0) is 11.4. The van der Waals surface area contributed by atoms with Gasteiger partial charge < -0.3 is 15.8 Å². The van der Waals surface area contributed by atoms with Crippen molar-refractivity contribution in [3.05, 3.63) is 36.0 Å². The van der Waals surface area contributed by atoms with E-state index in [1.165, 1.54) is 16.9 Å². The van der Waals surface area contributed by atoms with Gasteiger partial charge in [-0.15, -0.1) is 0 Å². The van der Waals surface area contributed by atoms with Crippen LogP contribution in [0.5, 0.6) is 5.75 Å². The summed E-state index contributed by atoms with van der Waals surface area (Å²) in [6, 6.07) is 7.91. The number of hydrogen-bond acceptors (Lipinski definition) is 5. The third-order valence-electron chi connectivity index (χ3n) is 2.13. The highest BCUT2D eigenvalue weighted by atomic mass is 32.1. The molecule has 0 aliphatic rings. The van der Waals surface area contributed by atoms with Crippen LogP contribution in [-0.2, 0) is 6.54 Å². The number of nitrogens with two attached hydrogens (primary N) is 1. The second-order valence-corrected chi connectivity index (χ2v) is 4.33. The smallest absolute Gasteiger partial charge is 0.184 e. The Balaban J connectivity index is 1.94. The second kappa shape index (κ2) is 4.85. The molecule has 1 aromatic heterocycles. The highest BCUT2D eigenvalue weighted by Crippen LogP contribution is 2.20. The zero-order valence-corrected chi connectivity index (χ0v) is 9.75. The molecule has 16 heavy (non-hydrogen) atoms. The van der Waals surface area contributed by atoms with Crippen molar-refractivity contribution in [1.29, 1.82) is 0 Å². The number of nitrogen functional groups attached to an aromatic ring is 1. The van der Waals surface area contributed by atoms with Crippen LogP contribution < -0.4 is 15.8 Å². The SMILES string of the molecule is COc1ccc(CNc2ncc(N)s2)cc1. The number of benzene rings is 1. The van der Waals surface area contributed by atoms with Crippen molar-refractivity contribution < 1.29 is 4.74 Å². The van der Waals surface area contributed by atoms with Gasteiger partial charge in [0.1, 0.15) is 10.8 Å². The number of ether oxygens (including phenoxy) is 1. The van der Waals surface area contributed by atoms with Crippen LogP contribution in [0.3, 0.4) is 0 Å². The molecule has 4 nitrogen and oxygen atoms in total. The standard InChI is InChI=1S/C11H13N3OS/c1-15-9-4-2-8(3-5-9)6-13-11-14-7-10(12)16-11/h2-5,7H,6,12H2,1H3,(H,13,14). The van der Waals surface area contributed by atoms with Gasteiger partial charge in [0.05, 0.1) is 13.3 Å². The number of thiazole rings is 1. The van der Waals surface area contributed by atoms with E-state index in [9.17, 15) is 0 Å². The lowest BCUT2D eigenvalue weighted by atomic mass is 10.2. The Morgan fingerprint density at radius 1 is 1.38 bits per heavy atom. The quantitative estimate of drug-likeness (QED) is 0.854. The summed E-state index contributed by atoms with van der Waals surface area (Å²) in [6.07, 6.45) is 1.65. The van der Waals surface area contributed by atoms with Gasteiger partial charge in [-0.3, -0.25) is 0 Å². The molecule has 1 heterocycles. The van der Waals surface area contributed by atoms with Crippen LogP contribution in [0.25, 0.3) is 0 Å². The van der Waals surface area contributed by atoms with E-state index >= 15 is 0 Å². The summed E-state index contributed by atoms with van der Waals surface area (Å²) in [5.41, 5.74) is 6.76. The first-order chi connectivity index (χ1) is 7.78. The van der Waals surface area contributed by atoms with E-state index in [0.717, 1.165) is 22.4 Å². The van der Waals surface area contributed by atoms with Crippen LogP contribution in [0, 0.1) is 0 Å². The van der Waals surface area contributed by atoms with Gasteiger partial charge >= 0.3 is 0 Å². The Morgan fingerprint density at radius 2 is 2.12 bits per heavy atom. The molecule has 0 amide bonds. The summed E-state index contributed by atoms with van der Waals surface area (Å²) >= 11 is 1.45. The molecule has 0 unspecified atom stereocenters. The zero-order valence-electron chi connectivity index (χ0n) is 8.93. The maximum absolute atomic E-state index is 5.58. The van der Waals surface area contributed by atoms with Gasteiger partial charge in [-0.2, -0.15) is 0 Å². The summed E-state index contributed by atoms with van der Waals surface area (Å²) in [6.45, 7) is 0.733. The van der Waals surface area contributed by atoms with Crippen molar-refractivity contribution in [1.82, 2.24) is 4.98 Å². The molecule has 5 heteroatoms. The van der Waals surface area contributed by atoms with Gasteiger partial charge in [-0.1, -0.05) is 23.5 Å². The molecule has 2 rings (SSSR count). The van der Waals surface area contributed by atoms with Gasteiger partial charge in [0.2, 0.25) is 0 Å². The van der Waals surface area contributed by atoms with Crippen molar-refractivity contribution in [2.75, 3.05) is 18.2 Å². The Kier molecular flexibility index (Phi) is 3.26. The maximum atomic E-state index is 5.58. The van der Waals surface area contributed by atoms with Crippen molar-refractivity contribution in [2.24, 2.45) is 0 Å². The molecular weight excluding hydrogens is 222 g/mol. The third-order valence-corrected chi connectivity index (χ3v) is 2.91. The van der Waals surface area contributed by atoms with Crippen LogP contribution in [0.1, 0.15) is 5.56 Å². The number of methoxy groups -OCH3 is 1. The molecule has 0 atom stereocenters. The minimum Gasteiger partial charge on any atom is -0.497 e. The Bertz CT molecular complexity index is 453. The van der Waals surface area contributed by atoms with Gasteiger partial charge in [-0.25, -0.2) is 4.98 Å². The Hall–Kier alpha value is -1.75. The lowest BCUT2D eigenvalue weighted by Gasteiger charge is -2.04. The fourth-order valence-electron chi connectivity index (χ4n) is 1.29. The molecule has 0 saturated heterocycles. The molecular formula is C11H13N3OS. The van der Waals surface area contributed by atoms with Crippen molar-refractivity contribution in [3.63, 3.8) is 0 Å². The van der Waals surface area contributed by atoms with Crippen LogP contribution in [0.4, 0.5) is 10.1 Å². The number of nitrogens with one attached hydrogen (secondary N) is 1. The summed E-state index contributed by atoms with van der Waals surface area (Å²) in [5.74, 6) is 0.863. The van der Waals surface area contributed by atoms with Gasteiger partial charge in [0.15, 0.2) is 5.13 Å². The predicted molar refractivity (Wildman–Crippen MR) is 66.8 cm³/mol. The summed E-state index contributed by atoms with van der Waals surface area (Å²) in [5, 5.41) is 4.77.